The van der Waals surface area contributed by atoms with Gasteiger partial charge in [0, 0.05) is 6.07 Å². The van der Waals surface area contributed by atoms with Crippen molar-refractivity contribution in [2.75, 3.05) is 5.32 Å². The molecule has 70 valence electrons. The summed E-state index contributed by atoms with van der Waals surface area (Å²) in [6, 6.07) is 6.17. The van der Waals surface area contributed by atoms with Crippen molar-refractivity contribution in [3.8, 4) is 0 Å². The van der Waals surface area contributed by atoms with Gasteiger partial charge in [-0.2, -0.15) is 0 Å². The van der Waals surface area contributed by atoms with Crippen molar-refractivity contribution in [3.05, 3.63) is 34.4 Å². The van der Waals surface area contributed by atoms with E-state index in [0.29, 0.717) is 5.69 Å². The van der Waals surface area contributed by atoms with E-state index >= 15 is 0 Å². The second-order valence-electron chi connectivity index (χ2n) is 2.59. The first-order valence-corrected chi connectivity index (χ1v) is 3.79. The van der Waals surface area contributed by atoms with Crippen molar-refractivity contribution in [3.63, 3.8) is 0 Å². The highest BCUT2D eigenvalue weighted by atomic mass is 16.6. The fourth-order valence-electron chi connectivity index (χ4n) is 0.980. The van der Waals surface area contributed by atoms with Crippen LogP contribution in [0.4, 0.5) is 11.4 Å². The van der Waals surface area contributed by atoms with Crippen molar-refractivity contribution in [1.29, 1.82) is 0 Å². The lowest BCUT2D eigenvalue weighted by atomic mass is 10.2. The van der Waals surface area contributed by atoms with Gasteiger partial charge in [0.2, 0.25) is 0 Å². The van der Waals surface area contributed by atoms with Gasteiger partial charge in [-0.15, -0.1) is 0 Å². The number of benzene rings is 1. The van der Waals surface area contributed by atoms with Crippen molar-refractivity contribution in [2.24, 2.45) is 0 Å². The topological polar surface area (TPSA) is 75.4 Å². The number of nitro groups is 1. The molecular formula is C8H10N2O3. The summed E-state index contributed by atoms with van der Waals surface area (Å²) in [5.74, 6) is 0. The van der Waals surface area contributed by atoms with Gasteiger partial charge in [-0.1, -0.05) is 12.1 Å². The Hall–Kier alpha value is -1.62. The highest BCUT2D eigenvalue weighted by molar-refractivity contribution is 5.61. The predicted molar refractivity (Wildman–Crippen MR) is 48.4 cm³/mol. The number of anilines is 1. The zero-order chi connectivity index (χ0) is 9.84. The van der Waals surface area contributed by atoms with Crippen LogP contribution in [0.15, 0.2) is 24.3 Å². The molecule has 0 spiro atoms. The number of aliphatic hydroxyl groups is 1. The Morgan fingerprint density at radius 2 is 2.15 bits per heavy atom. The van der Waals surface area contributed by atoms with Crippen LogP contribution >= 0.6 is 0 Å². The summed E-state index contributed by atoms with van der Waals surface area (Å²) in [4.78, 5) is 9.99. The van der Waals surface area contributed by atoms with E-state index in [1.54, 1.807) is 18.2 Å². The fourth-order valence-corrected chi connectivity index (χ4v) is 0.980. The first-order chi connectivity index (χ1) is 6.11. The highest BCUT2D eigenvalue weighted by Crippen LogP contribution is 2.23. The average Bonchev–Trinajstić information content (AvgIpc) is 2.03. The van der Waals surface area contributed by atoms with Gasteiger partial charge in [-0.3, -0.25) is 10.1 Å². The Morgan fingerprint density at radius 3 is 2.69 bits per heavy atom. The quantitative estimate of drug-likeness (QED) is 0.420. The molecule has 1 aromatic rings. The summed E-state index contributed by atoms with van der Waals surface area (Å²) in [6.07, 6.45) is -0.805. The van der Waals surface area contributed by atoms with Crippen LogP contribution in [0.5, 0.6) is 0 Å². The first-order valence-electron chi connectivity index (χ1n) is 3.79. The Kier molecular flexibility index (Phi) is 2.81. The van der Waals surface area contributed by atoms with Gasteiger partial charge >= 0.3 is 0 Å². The smallest absolute Gasteiger partial charge is 0.292 e. The van der Waals surface area contributed by atoms with E-state index in [2.05, 4.69) is 5.32 Å². The molecule has 0 heterocycles. The number of nitro benzene ring substituents is 1. The van der Waals surface area contributed by atoms with E-state index in [-0.39, 0.29) is 5.69 Å². The van der Waals surface area contributed by atoms with Crippen LogP contribution in [-0.4, -0.2) is 16.3 Å². The summed E-state index contributed by atoms with van der Waals surface area (Å²) in [5, 5.41) is 22.0. The van der Waals surface area contributed by atoms with Crippen LogP contribution < -0.4 is 5.32 Å². The minimum Gasteiger partial charge on any atom is -0.374 e. The zero-order valence-corrected chi connectivity index (χ0v) is 7.10. The molecule has 5 nitrogen and oxygen atoms in total. The van der Waals surface area contributed by atoms with Crippen LogP contribution in [0.2, 0.25) is 0 Å². The molecule has 0 fully saturated rings. The van der Waals surface area contributed by atoms with E-state index in [4.69, 9.17) is 5.11 Å². The highest BCUT2D eigenvalue weighted by Gasteiger charge is 2.12. The average molecular weight is 182 g/mol. The van der Waals surface area contributed by atoms with Crippen molar-refractivity contribution < 1.29 is 10.0 Å². The van der Waals surface area contributed by atoms with Gasteiger partial charge in [-0.25, -0.2) is 0 Å². The van der Waals surface area contributed by atoms with Crippen molar-refractivity contribution >= 4 is 11.4 Å². The maximum atomic E-state index is 10.5. The molecular weight excluding hydrogens is 172 g/mol. The molecule has 13 heavy (non-hydrogen) atoms. The lowest BCUT2D eigenvalue weighted by Crippen LogP contribution is -2.14. The summed E-state index contributed by atoms with van der Waals surface area (Å²) < 4.78 is 0. The molecule has 2 N–H and O–H groups in total. The molecule has 1 atom stereocenters. The van der Waals surface area contributed by atoms with E-state index in [9.17, 15) is 10.1 Å². The molecule has 0 aliphatic carbocycles. The van der Waals surface area contributed by atoms with Crippen LogP contribution in [0.3, 0.4) is 0 Å². The number of aliphatic hydroxyl groups excluding tert-OH is 1. The standard InChI is InChI=1S/C8H10N2O3/c1-6(11)9-7-4-2-3-5-8(7)10(12)13/h2-6,9,11H,1H3. The SMILES string of the molecule is CC(O)Nc1ccccc1[N+](=O)[O-]. The Morgan fingerprint density at radius 1 is 1.54 bits per heavy atom. The fraction of sp³-hybridized carbons (Fsp3) is 0.250. The molecule has 5 heteroatoms. The van der Waals surface area contributed by atoms with Gasteiger partial charge in [0.05, 0.1) is 4.92 Å². The second kappa shape index (κ2) is 3.86. The third-order valence-electron chi connectivity index (χ3n) is 1.47. The monoisotopic (exact) mass is 182 g/mol. The summed E-state index contributed by atoms with van der Waals surface area (Å²) >= 11 is 0. The van der Waals surface area contributed by atoms with E-state index in [1.165, 1.54) is 13.0 Å². The largest absolute Gasteiger partial charge is 0.374 e. The number of nitrogens with zero attached hydrogens (tertiary/aromatic N) is 1. The number of hydrogen-bond donors (Lipinski definition) is 2. The van der Waals surface area contributed by atoms with Gasteiger partial charge in [0.1, 0.15) is 11.9 Å². The number of rotatable bonds is 3. The third-order valence-corrected chi connectivity index (χ3v) is 1.47. The maximum Gasteiger partial charge on any atom is 0.292 e. The summed E-state index contributed by atoms with van der Waals surface area (Å²) in [6.45, 7) is 1.50. The molecule has 1 aromatic carbocycles. The predicted octanol–water partition coefficient (Wildman–Crippen LogP) is 1.34. The second-order valence-corrected chi connectivity index (χ2v) is 2.59. The van der Waals surface area contributed by atoms with E-state index in [1.807, 2.05) is 0 Å². The maximum absolute atomic E-state index is 10.5. The molecule has 0 saturated heterocycles. The molecule has 0 aliphatic heterocycles. The zero-order valence-electron chi connectivity index (χ0n) is 7.10. The summed E-state index contributed by atoms with van der Waals surface area (Å²) in [5.41, 5.74) is 0.283. The van der Waals surface area contributed by atoms with Gasteiger partial charge in [-0.05, 0) is 13.0 Å². The molecule has 1 unspecified atom stereocenters. The molecule has 0 saturated carbocycles. The van der Waals surface area contributed by atoms with Crippen LogP contribution in [-0.2, 0) is 0 Å². The number of para-hydroxylation sites is 2. The normalized spacial score (nSPS) is 12.2. The Labute approximate surface area is 75.2 Å². The van der Waals surface area contributed by atoms with Crippen molar-refractivity contribution in [1.82, 2.24) is 0 Å². The van der Waals surface area contributed by atoms with E-state index < -0.39 is 11.2 Å². The minimum absolute atomic E-state index is 0.0385. The molecule has 0 aromatic heterocycles. The molecule has 0 bridgehead atoms. The third kappa shape index (κ3) is 2.41. The summed E-state index contributed by atoms with van der Waals surface area (Å²) in [7, 11) is 0. The number of hydrogen-bond acceptors (Lipinski definition) is 4. The minimum atomic E-state index is -0.805. The van der Waals surface area contributed by atoms with Gasteiger partial charge < -0.3 is 10.4 Å². The van der Waals surface area contributed by atoms with Gasteiger partial charge in [0.25, 0.3) is 5.69 Å². The van der Waals surface area contributed by atoms with Crippen LogP contribution in [0.25, 0.3) is 0 Å². The van der Waals surface area contributed by atoms with Crippen LogP contribution in [0.1, 0.15) is 6.92 Å². The Balaban J connectivity index is 2.98. The van der Waals surface area contributed by atoms with Crippen molar-refractivity contribution in [2.45, 2.75) is 13.2 Å². The lowest BCUT2D eigenvalue weighted by Gasteiger charge is -2.08. The molecule has 0 aliphatic rings. The molecule has 0 radical (unpaired) electrons. The van der Waals surface area contributed by atoms with Crippen LogP contribution in [0, 0.1) is 10.1 Å². The lowest BCUT2D eigenvalue weighted by molar-refractivity contribution is -0.384. The van der Waals surface area contributed by atoms with E-state index in [0.717, 1.165) is 0 Å². The number of nitrogens with one attached hydrogen (secondary N) is 1. The Bertz CT molecular complexity index is 312. The van der Waals surface area contributed by atoms with Gasteiger partial charge in [0.15, 0.2) is 0 Å². The first kappa shape index (κ1) is 9.47. The molecule has 1 rings (SSSR count). The molecule has 0 amide bonds.